The first-order valence-corrected chi connectivity index (χ1v) is 40.8. The van der Waals surface area contributed by atoms with E-state index in [4.69, 9.17) is 0 Å². The van der Waals surface area contributed by atoms with Gasteiger partial charge in [-0.05, 0) is 143 Å². The van der Waals surface area contributed by atoms with Gasteiger partial charge in [0.2, 0.25) is 0 Å². The lowest BCUT2D eigenvalue weighted by Gasteiger charge is -2.17. The van der Waals surface area contributed by atoms with Crippen molar-refractivity contribution >= 4 is 96.5 Å². The number of aromatic nitrogens is 6. The van der Waals surface area contributed by atoms with Gasteiger partial charge in [-0.2, -0.15) is 0 Å². The maximum Gasteiger partial charge on any atom is 0.173 e. The number of hydrogen-bond donors (Lipinski definition) is 0. The van der Waals surface area contributed by atoms with Crippen LogP contribution in [0.5, 0.6) is 0 Å². The van der Waals surface area contributed by atoms with Crippen LogP contribution >= 0.6 is 31.9 Å². The van der Waals surface area contributed by atoms with E-state index in [1.807, 2.05) is 0 Å². The van der Waals surface area contributed by atoms with Crippen LogP contribution in [0.25, 0.3) is 131 Å². The molecule has 6 aromatic heterocycles. The molecule has 20 aliphatic rings. The maximum atomic E-state index is 3.54. The number of halogens is 2. The topological polar surface area (TPSA) is 23.3 Å². The number of rotatable bonds is 8. The Morgan fingerprint density at radius 3 is 0.509 bits per heavy atom. The molecule has 6 nitrogen and oxygen atoms in total. The Labute approximate surface area is 669 Å². The summed E-state index contributed by atoms with van der Waals surface area (Å²) in [6.07, 6.45) is 26.6. The molecule has 0 fully saturated rings. The maximum absolute atomic E-state index is 3.54. The van der Waals surface area contributed by atoms with Crippen molar-refractivity contribution in [2.45, 2.75) is 49.9 Å². The minimum atomic E-state index is 0.799. The Hall–Kier alpha value is -12.7. The molecule has 0 saturated heterocycles. The predicted molar refractivity (Wildman–Crippen MR) is 464 cm³/mol. The number of nitrogens with zero attached hydrogens (tertiary/aromatic N) is 6. The van der Waals surface area contributed by atoms with Crippen molar-refractivity contribution in [3.63, 3.8) is 0 Å². The molecule has 0 atom stereocenters. The fourth-order valence-electron chi connectivity index (χ4n) is 16.9. The van der Waals surface area contributed by atoms with E-state index in [0.29, 0.717) is 0 Å². The first-order valence-electron chi connectivity index (χ1n) is 38.6. The minimum absolute atomic E-state index is 0.799. The van der Waals surface area contributed by atoms with Gasteiger partial charge in [-0.3, -0.25) is 0 Å². The molecule has 0 aliphatic carbocycles. The Kier molecular flexibility index (Phi) is 19.3. The van der Waals surface area contributed by atoms with E-state index in [0.717, 1.165) is 49.9 Å². The first-order chi connectivity index (χ1) is 55.4. The average molecular weight is 1570 g/mol. The van der Waals surface area contributed by atoms with Crippen molar-refractivity contribution in [2.75, 3.05) is 0 Å². The number of benzene rings is 13. The van der Waals surface area contributed by atoms with Gasteiger partial charge in [0.15, 0.2) is 114 Å². The third kappa shape index (κ3) is 14.1. The summed E-state index contributed by atoms with van der Waals surface area (Å²) < 4.78 is 13.6. The van der Waals surface area contributed by atoms with E-state index in [9.17, 15) is 0 Å². The number of alkyl halides is 2. The third-order valence-corrected chi connectivity index (χ3v) is 23.8. The van der Waals surface area contributed by atoms with Crippen molar-refractivity contribution in [1.82, 2.24) is 0 Å². The quantitative estimate of drug-likeness (QED) is 0.0822. The second-order valence-corrected chi connectivity index (χ2v) is 30.7. The molecular weight excluding hydrogens is 1490 g/mol. The number of pyridine rings is 6. The van der Waals surface area contributed by atoms with Crippen LogP contribution in [0.3, 0.4) is 0 Å². The molecule has 0 amide bonds. The highest BCUT2D eigenvalue weighted by Crippen LogP contribution is 2.47. The summed E-state index contributed by atoms with van der Waals surface area (Å²) in [5, 5.41) is 16.9. The van der Waals surface area contributed by atoms with Gasteiger partial charge in [0.1, 0.15) is 0 Å². The van der Waals surface area contributed by atoms with Gasteiger partial charge in [0, 0.05) is 117 Å². The lowest BCUT2D eigenvalue weighted by Crippen LogP contribution is -2.34. The van der Waals surface area contributed by atoms with Gasteiger partial charge in [-0.25, -0.2) is 27.4 Å². The Balaban J connectivity index is 0.000000166. The van der Waals surface area contributed by atoms with E-state index in [1.54, 1.807) is 0 Å². The van der Waals surface area contributed by atoms with Crippen molar-refractivity contribution in [3.8, 4) is 66.8 Å². The molecule has 20 aliphatic heterocycles. The summed E-state index contributed by atoms with van der Waals surface area (Å²) in [5.41, 5.74) is 25.3. The minimum Gasteiger partial charge on any atom is -0.201 e. The van der Waals surface area contributed by atoms with E-state index in [2.05, 4.69) is 449 Å². The molecule has 112 heavy (non-hydrogen) atoms. The van der Waals surface area contributed by atoms with Crippen LogP contribution in [0.2, 0.25) is 0 Å². The molecule has 0 radical (unpaired) electrons. The molecular formula is C104H80Br2N6+6. The first kappa shape index (κ1) is 69.7. The van der Waals surface area contributed by atoms with Crippen molar-refractivity contribution < 1.29 is 27.4 Å². The molecule has 534 valence electrons. The molecule has 19 aromatic rings. The van der Waals surface area contributed by atoms with E-state index in [-0.39, 0.29) is 0 Å². The second kappa shape index (κ2) is 31.0. The van der Waals surface area contributed by atoms with Gasteiger partial charge in [-0.15, -0.1) is 0 Å². The fraction of sp³-hybridized carbons (Fsp3) is 0.0769. The van der Waals surface area contributed by atoms with Crippen molar-refractivity contribution in [3.05, 3.63) is 434 Å². The summed E-state index contributed by atoms with van der Waals surface area (Å²) >= 11 is 7.08. The molecule has 13 aromatic carbocycles. The summed E-state index contributed by atoms with van der Waals surface area (Å²) in [4.78, 5) is 0. The van der Waals surface area contributed by atoms with E-state index < -0.39 is 0 Å². The SMILES string of the molecule is BrCc1ccc(C[n+]2ccc(-c3c4ccccc4c(-c4cc[n+](Cc5ccc(CBr)cc5)cc4)c4ccccc34)cc2)cc1.c1ccc2c3c4ccccc4c(c2c1)-c1cc[n+](cc1)Cc1ccc(cc1)C[n+]1ccc(cc1)-c1c2ccccc2c(c2ccccc12)-c1cc[n+](cc1)Cc1ccc(cc1)C[n+]1ccc-3cc1. The third-order valence-electron chi connectivity index (χ3n) is 22.5. The van der Waals surface area contributed by atoms with Gasteiger partial charge in [0.05, 0.1) is 0 Å². The average Bonchev–Trinajstić information content (AvgIpc) is 0.747. The zero-order valence-corrected chi connectivity index (χ0v) is 65.2. The van der Waals surface area contributed by atoms with Gasteiger partial charge < -0.3 is 0 Å². The lowest BCUT2D eigenvalue weighted by molar-refractivity contribution is -0.688. The second-order valence-electron chi connectivity index (χ2n) is 29.6. The van der Waals surface area contributed by atoms with Crippen molar-refractivity contribution in [2.24, 2.45) is 0 Å². The van der Waals surface area contributed by atoms with Gasteiger partial charge in [-0.1, -0.05) is 275 Å². The van der Waals surface area contributed by atoms with E-state index in [1.165, 1.54) is 176 Å². The monoisotopic (exact) mass is 1570 g/mol. The largest absolute Gasteiger partial charge is 0.201 e. The number of fused-ring (bicyclic) bond motifs is 3. The molecule has 8 heteroatoms. The molecule has 0 spiro atoms. The van der Waals surface area contributed by atoms with Crippen LogP contribution in [0.1, 0.15) is 44.5 Å². The van der Waals surface area contributed by atoms with Crippen LogP contribution in [-0.2, 0) is 49.9 Å². The summed E-state index contributed by atoms with van der Waals surface area (Å²) in [7, 11) is 0. The standard InChI is InChI=1S/C64H48N4.C40H32Br2N2/c1-2-10-54-53(9-1)61-49-25-33-65(34-26-49)41-45-17-19-47(20-18-45)43-67-37-29-51(30-38-67)63-57-13-5-7-15-59(57)64(60-16-8-6-14-58(60)63)52-31-39-68(40-32-52)44-48-23-21-46(22-24-48)42-66-35-27-50(28-36-66)62(54)56-12-4-3-11-55(56)61;41-25-29-9-13-31(14-10-29)27-43-21-17-33(18-22-43)39-35-5-1-2-6-36(35)40(38-8-4-3-7-37(38)39)34-19-23-44(24-20-34)28-32-15-11-30(26-42)12-16-32/h1-40H,41-44H2;1-24H,25-28H2/q+4;+2. The summed E-state index contributed by atoms with van der Waals surface area (Å²) in [5.74, 6) is 0. The van der Waals surface area contributed by atoms with Crippen LogP contribution in [0.4, 0.5) is 0 Å². The van der Waals surface area contributed by atoms with Gasteiger partial charge >= 0.3 is 0 Å². The zero-order chi connectivity index (χ0) is 74.9. The van der Waals surface area contributed by atoms with E-state index >= 15 is 0 Å². The molecule has 26 heterocycles. The van der Waals surface area contributed by atoms with Crippen LogP contribution in [0, 0.1) is 0 Å². The molecule has 0 N–H and O–H groups in total. The smallest absolute Gasteiger partial charge is 0.173 e. The highest BCUT2D eigenvalue weighted by molar-refractivity contribution is 9.08. The highest BCUT2D eigenvalue weighted by Gasteiger charge is 2.24. The van der Waals surface area contributed by atoms with Crippen LogP contribution in [-0.4, -0.2) is 0 Å². The Morgan fingerprint density at radius 2 is 0.339 bits per heavy atom. The van der Waals surface area contributed by atoms with Gasteiger partial charge in [0.25, 0.3) is 0 Å². The lowest BCUT2D eigenvalue weighted by atomic mass is 9.86. The predicted octanol–water partition coefficient (Wildman–Crippen LogP) is 22.4. The summed E-state index contributed by atoms with van der Waals surface area (Å²) in [6, 6.07) is 116. The van der Waals surface area contributed by atoms with Crippen LogP contribution in [0.15, 0.2) is 390 Å². The molecule has 0 unspecified atom stereocenters. The van der Waals surface area contributed by atoms with Crippen LogP contribution < -0.4 is 27.4 Å². The molecule has 0 saturated carbocycles. The normalized spacial score (nSPS) is 12.0. The highest BCUT2D eigenvalue weighted by atomic mass is 79.9. The molecule has 16 bridgehead atoms. The fourth-order valence-corrected chi connectivity index (χ4v) is 17.6. The number of hydrogen-bond acceptors (Lipinski definition) is 0. The summed E-state index contributed by atoms with van der Waals surface area (Å²) in [6.45, 7) is 4.89. The van der Waals surface area contributed by atoms with Crippen molar-refractivity contribution in [1.29, 1.82) is 0 Å². The zero-order valence-electron chi connectivity index (χ0n) is 62.0. The molecule has 39 rings (SSSR count). The Bertz CT molecular complexity index is 5840. The Morgan fingerprint density at radius 1 is 0.179 bits per heavy atom.